The van der Waals surface area contributed by atoms with Gasteiger partial charge in [-0.25, -0.2) is 4.79 Å². The molecular weight excluding hydrogens is 236 g/mol. The van der Waals surface area contributed by atoms with Crippen molar-refractivity contribution >= 4 is 26.9 Å². The fourth-order valence-corrected chi connectivity index (χ4v) is 1.59. The standard InChI is InChI=1S/C9H5BrO3/c10-7-5-3-1-2-4-6(5)13-9(12)8(7)11/h1-4,11H. The molecule has 2 rings (SSSR count). The lowest BCUT2D eigenvalue weighted by atomic mass is 10.2. The predicted octanol–water partition coefficient (Wildman–Crippen LogP) is 2.26. The van der Waals surface area contributed by atoms with Crippen molar-refractivity contribution in [2.45, 2.75) is 0 Å². The van der Waals surface area contributed by atoms with E-state index in [1.54, 1.807) is 24.3 Å². The molecule has 1 N–H and O–H groups in total. The third-order valence-electron chi connectivity index (χ3n) is 1.73. The second kappa shape index (κ2) is 2.88. The summed E-state index contributed by atoms with van der Waals surface area (Å²) < 4.78 is 5.21. The summed E-state index contributed by atoms with van der Waals surface area (Å²) in [5, 5.41) is 9.93. The molecule has 0 atom stereocenters. The average molecular weight is 241 g/mol. The van der Waals surface area contributed by atoms with Gasteiger partial charge in [0.2, 0.25) is 5.75 Å². The van der Waals surface area contributed by atoms with Crippen molar-refractivity contribution < 1.29 is 9.52 Å². The van der Waals surface area contributed by atoms with Crippen LogP contribution < -0.4 is 5.63 Å². The molecule has 0 amide bonds. The Bertz CT molecular complexity index is 516. The van der Waals surface area contributed by atoms with Gasteiger partial charge in [-0.15, -0.1) is 0 Å². The van der Waals surface area contributed by atoms with Crippen LogP contribution in [-0.4, -0.2) is 5.11 Å². The topological polar surface area (TPSA) is 50.4 Å². The fourth-order valence-electron chi connectivity index (χ4n) is 1.10. The van der Waals surface area contributed by atoms with Gasteiger partial charge in [0, 0.05) is 5.39 Å². The second-order valence-corrected chi connectivity index (χ2v) is 3.34. The molecule has 3 nitrogen and oxygen atoms in total. The van der Waals surface area contributed by atoms with Crippen LogP contribution in [0.4, 0.5) is 0 Å². The molecule has 2 aromatic rings. The van der Waals surface area contributed by atoms with E-state index in [9.17, 15) is 9.90 Å². The van der Waals surface area contributed by atoms with Crippen LogP contribution >= 0.6 is 15.9 Å². The number of halogens is 1. The highest BCUT2D eigenvalue weighted by Crippen LogP contribution is 2.28. The number of aromatic hydroxyl groups is 1. The van der Waals surface area contributed by atoms with Crippen molar-refractivity contribution in [2.24, 2.45) is 0 Å². The molecule has 1 heterocycles. The molecule has 66 valence electrons. The first-order chi connectivity index (χ1) is 6.20. The molecular formula is C9H5BrO3. The van der Waals surface area contributed by atoms with E-state index in [0.717, 1.165) is 0 Å². The zero-order valence-corrected chi connectivity index (χ0v) is 8.04. The zero-order chi connectivity index (χ0) is 9.42. The van der Waals surface area contributed by atoms with Gasteiger partial charge in [0.05, 0.1) is 4.47 Å². The highest BCUT2D eigenvalue weighted by molar-refractivity contribution is 9.10. The quantitative estimate of drug-likeness (QED) is 0.719. The van der Waals surface area contributed by atoms with Crippen LogP contribution in [0.2, 0.25) is 0 Å². The summed E-state index contributed by atoms with van der Waals surface area (Å²) in [5.74, 6) is -0.390. The van der Waals surface area contributed by atoms with Crippen LogP contribution in [-0.2, 0) is 0 Å². The first-order valence-corrected chi connectivity index (χ1v) is 4.40. The maximum absolute atomic E-state index is 11.0. The molecule has 13 heavy (non-hydrogen) atoms. The zero-order valence-electron chi connectivity index (χ0n) is 6.45. The first kappa shape index (κ1) is 8.31. The maximum Gasteiger partial charge on any atom is 0.380 e. The molecule has 0 bridgehead atoms. The van der Waals surface area contributed by atoms with Crippen molar-refractivity contribution in [3.63, 3.8) is 0 Å². The molecule has 4 heteroatoms. The van der Waals surface area contributed by atoms with Gasteiger partial charge < -0.3 is 9.52 Å². The van der Waals surface area contributed by atoms with Crippen LogP contribution in [0.3, 0.4) is 0 Å². The Hall–Kier alpha value is -1.29. The molecule has 0 fully saturated rings. The predicted molar refractivity (Wildman–Crippen MR) is 51.8 cm³/mol. The van der Waals surface area contributed by atoms with Gasteiger partial charge in [0.15, 0.2) is 0 Å². The summed E-state index contributed by atoms with van der Waals surface area (Å²) >= 11 is 3.12. The lowest BCUT2D eigenvalue weighted by molar-refractivity contribution is 0.425. The Morgan fingerprint density at radius 1 is 1.31 bits per heavy atom. The van der Waals surface area contributed by atoms with E-state index in [-0.39, 0.29) is 0 Å². The lowest BCUT2D eigenvalue weighted by Crippen LogP contribution is -1.98. The van der Waals surface area contributed by atoms with Crippen LogP contribution in [0.5, 0.6) is 5.75 Å². The van der Waals surface area contributed by atoms with Crippen LogP contribution in [0.15, 0.2) is 37.9 Å². The highest BCUT2D eigenvalue weighted by atomic mass is 79.9. The average Bonchev–Trinajstić information content (AvgIpc) is 2.15. The minimum Gasteiger partial charge on any atom is -0.501 e. The van der Waals surface area contributed by atoms with Gasteiger partial charge in [0.25, 0.3) is 0 Å². The van der Waals surface area contributed by atoms with Crippen molar-refractivity contribution in [1.29, 1.82) is 0 Å². The van der Waals surface area contributed by atoms with Gasteiger partial charge >= 0.3 is 5.63 Å². The normalized spacial score (nSPS) is 10.5. The van der Waals surface area contributed by atoms with Gasteiger partial charge in [-0.05, 0) is 28.1 Å². The summed E-state index contributed by atoms with van der Waals surface area (Å²) in [6, 6.07) is 6.98. The second-order valence-electron chi connectivity index (χ2n) is 2.55. The van der Waals surface area contributed by atoms with Gasteiger partial charge in [-0.3, -0.25) is 0 Å². The molecule has 0 unspecified atom stereocenters. The minimum atomic E-state index is -0.731. The summed E-state index contributed by atoms with van der Waals surface area (Å²) in [7, 11) is 0. The molecule has 1 aromatic carbocycles. The molecule has 1 aromatic heterocycles. The van der Waals surface area contributed by atoms with Crippen LogP contribution in [0.25, 0.3) is 11.0 Å². The van der Waals surface area contributed by atoms with E-state index < -0.39 is 11.4 Å². The minimum absolute atomic E-state index is 0.374. The third-order valence-corrected chi connectivity index (χ3v) is 2.53. The lowest BCUT2D eigenvalue weighted by Gasteiger charge is -1.99. The molecule has 0 saturated heterocycles. The Kier molecular flexibility index (Phi) is 1.84. The number of rotatable bonds is 0. The van der Waals surface area contributed by atoms with E-state index in [2.05, 4.69) is 15.9 Å². The molecule has 0 aliphatic heterocycles. The molecule has 0 aliphatic rings. The first-order valence-electron chi connectivity index (χ1n) is 3.60. The summed E-state index contributed by atoms with van der Waals surface area (Å²) in [6.07, 6.45) is 0. The van der Waals surface area contributed by atoms with E-state index in [1.165, 1.54) is 0 Å². The van der Waals surface area contributed by atoms with E-state index >= 15 is 0 Å². The van der Waals surface area contributed by atoms with Crippen molar-refractivity contribution in [2.75, 3.05) is 0 Å². The Morgan fingerprint density at radius 2 is 2.00 bits per heavy atom. The van der Waals surface area contributed by atoms with E-state index in [4.69, 9.17) is 4.42 Å². The molecule has 0 saturated carbocycles. The summed E-state index contributed by atoms with van der Waals surface area (Å²) in [4.78, 5) is 11.0. The highest BCUT2D eigenvalue weighted by Gasteiger charge is 2.09. The number of hydrogen-bond acceptors (Lipinski definition) is 3. The largest absolute Gasteiger partial charge is 0.501 e. The van der Waals surface area contributed by atoms with Gasteiger partial charge in [0.1, 0.15) is 5.58 Å². The van der Waals surface area contributed by atoms with Crippen molar-refractivity contribution in [3.8, 4) is 5.75 Å². The molecule has 0 radical (unpaired) electrons. The smallest absolute Gasteiger partial charge is 0.380 e. The van der Waals surface area contributed by atoms with E-state index in [0.29, 0.717) is 15.4 Å². The van der Waals surface area contributed by atoms with Crippen molar-refractivity contribution in [3.05, 3.63) is 39.2 Å². The summed E-state index contributed by atoms with van der Waals surface area (Å²) in [6.45, 7) is 0. The summed E-state index contributed by atoms with van der Waals surface area (Å²) in [5.41, 5.74) is -0.275. The van der Waals surface area contributed by atoms with Gasteiger partial charge in [-0.1, -0.05) is 12.1 Å². The number of benzene rings is 1. The monoisotopic (exact) mass is 240 g/mol. The van der Waals surface area contributed by atoms with Crippen molar-refractivity contribution in [1.82, 2.24) is 0 Å². The number of fused-ring (bicyclic) bond motifs is 1. The third kappa shape index (κ3) is 1.23. The Balaban J connectivity index is 3.02. The SMILES string of the molecule is O=c1oc2ccccc2c(Br)c1O. The molecule has 0 spiro atoms. The number of hydrogen-bond donors (Lipinski definition) is 1. The number of para-hydroxylation sites is 1. The molecule has 0 aliphatic carbocycles. The van der Waals surface area contributed by atoms with Crippen LogP contribution in [0.1, 0.15) is 0 Å². The Morgan fingerprint density at radius 3 is 2.77 bits per heavy atom. The van der Waals surface area contributed by atoms with E-state index in [1.807, 2.05) is 0 Å². The van der Waals surface area contributed by atoms with Gasteiger partial charge in [-0.2, -0.15) is 0 Å². The Labute approximate surface area is 81.7 Å². The fraction of sp³-hybridized carbons (Fsp3) is 0. The maximum atomic E-state index is 11.0. The van der Waals surface area contributed by atoms with Crippen LogP contribution in [0, 0.1) is 0 Å².